The molecule has 2 atom stereocenters. The molecule has 0 radical (unpaired) electrons. The SMILES string of the molecule is CCOC(=O)C12CCC(N(CC(=O)N3C[C@@H](F)C[C@H]3C(N)=O)C(=O)OCc3ccccc3)(CC1)CC2. The predicted octanol–water partition coefficient (Wildman–Crippen LogP) is 2.71. The molecular weight excluding hydrogens is 469 g/mol. The smallest absolute Gasteiger partial charge is 0.411 e. The van der Waals surface area contributed by atoms with Crippen LogP contribution in [0.3, 0.4) is 0 Å². The number of esters is 1. The van der Waals surface area contributed by atoms with Crippen LogP contribution in [0.25, 0.3) is 0 Å². The minimum absolute atomic E-state index is 0.0351. The van der Waals surface area contributed by atoms with Gasteiger partial charge in [0.2, 0.25) is 11.8 Å². The number of nitrogens with zero attached hydrogens (tertiary/aromatic N) is 2. The van der Waals surface area contributed by atoms with Crippen molar-refractivity contribution < 1.29 is 33.0 Å². The summed E-state index contributed by atoms with van der Waals surface area (Å²) in [5.74, 6) is -1.52. The number of nitrogens with two attached hydrogens (primary N) is 1. The molecule has 0 unspecified atom stereocenters. The number of rotatable bonds is 8. The number of amides is 3. The van der Waals surface area contributed by atoms with E-state index >= 15 is 0 Å². The number of alkyl halides is 1. The van der Waals surface area contributed by atoms with E-state index in [4.69, 9.17) is 15.2 Å². The topological polar surface area (TPSA) is 119 Å². The first-order valence-corrected chi connectivity index (χ1v) is 12.6. The fraction of sp³-hybridized carbons (Fsp3) is 0.615. The monoisotopic (exact) mass is 503 g/mol. The molecule has 2 N–H and O–H groups in total. The van der Waals surface area contributed by atoms with Gasteiger partial charge in [-0.2, -0.15) is 0 Å². The van der Waals surface area contributed by atoms with Crippen molar-refractivity contribution in [3.05, 3.63) is 35.9 Å². The molecule has 3 aliphatic carbocycles. The minimum atomic E-state index is -1.35. The van der Waals surface area contributed by atoms with Gasteiger partial charge in [-0.3, -0.25) is 19.3 Å². The fourth-order valence-electron chi connectivity index (χ4n) is 5.94. The van der Waals surface area contributed by atoms with E-state index in [9.17, 15) is 23.6 Å². The summed E-state index contributed by atoms with van der Waals surface area (Å²) in [5.41, 5.74) is 4.98. The Labute approximate surface area is 210 Å². The number of hydrogen-bond acceptors (Lipinski definition) is 6. The Kier molecular flexibility index (Phi) is 7.51. The van der Waals surface area contributed by atoms with Gasteiger partial charge in [-0.15, -0.1) is 0 Å². The molecule has 1 saturated heterocycles. The summed E-state index contributed by atoms with van der Waals surface area (Å²) in [7, 11) is 0. The normalized spacial score (nSPS) is 29.0. The molecule has 1 heterocycles. The third-order valence-electron chi connectivity index (χ3n) is 8.11. The summed E-state index contributed by atoms with van der Waals surface area (Å²) in [6, 6.07) is 8.16. The van der Waals surface area contributed by atoms with E-state index in [1.165, 1.54) is 4.90 Å². The highest BCUT2D eigenvalue weighted by Gasteiger charge is 2.57. The van der Waals surface area contributed by atoms with Crippen molar-refractivity contribution in [2.24, 2.45) is 11.1 Å². The van der Waals surface area contributed by atoms with Gasteiger partial charge in [0.05, 0.1) is 18.6 Å². The lowest BCUT2D eigenvalue weighted by atomic mass is 9.56. The highest BCUT2D eigenvalue weighted by Crippen LogP contribution is 2.55. The van der Waals surface area contributed by atoms with Crippen molar-refractivity contribution in [2.45, 2.75) is 76.2 Å². The molecule has 2 bridgehead atoms. The van der Waals surface area contributed by atoms with Crippen LogP contribution in [-0.2, 0) is 30.5 Å². The van der Waals surface area contributed by atoms with Crippen molar-refractivity contribution in [3.8, 4) is 0 Å². The van der Waals surface area contributed by atoms with Crippen LogP contribution in [-0.4, -0.2) is 71.1 Å². The van der Waals surface area contributed by atoms with Crippen LogP contribution in [0.15, 0.2) is 30.3 Å². The molecule has 196 valence electrons. The second kappa shape index (κ2) is 10.4. The minimum Gasteiger partial charge on any atom is -0.466 e. The highest BCUT2D eigenvalue weighted by molar-refractivity contribution is 5.89. The molecule has 4 aliphatic rings. The van der Waals surface area contributed by atoms with Gasteiger partial charge in [-0.1, -0.05) is 30.3 Å². The lowest BCUT2D eigenvalue weighted by Gasteiger charge is -2.55. The van der Waals surface area contributed by atoms with Crippen LogP contribution in [0.4, 0.5) is 9.18 Å². The predicted molar refractivity (Wildman–Crippen MR) is 127 cm³/mol. The largest absolute Gasteiger partial charge is 0.466 e. The van der Waals surface area contributed by atoms with Crippen LogP contribution in [0.5, 0.6) is 0 Å². The first kappa shape index (κ1) is 25.9. The first-order chi connectivity index (χ1) is 17.2. The van der Waals surface area contributed by atoms with Crippen LogP contribution in [0.1, 0.15) is 57.4 Å². The van der Waals surface area contributed by atoms with Gasteiger partial charge < -0.3 is 20.1 Å². The second-order valence-electron chi connectivity index (χ2n) is 10.1. The summed E-state index contributed by atoms with van der Waals surface area (Å²) < 4.78 is 25.0. The van der Waals surface area contributed by atoms with Crippen molar-refractivity contribution in [1.82, 2.24) is 9.80 Å². The Morgan fingerprint density at radius 1 is 1.06 bits per heavy atom. The van der Waals surface area contributed by atoms with Crippen molar-refractivity contribution in [1.29, 1.82) is 0 Å². The Morgan fingerprint density at radius 2 is 1.69 bits per heavy atom. The highest BCUT2D eigenvalue weighted by atomic mass is 19.1. The van der Waals surface area contributed by atoms with Crippen molar-refractivity contribution in [3.63, 3.8) is 0 Å². The van der Waals surface area contributed by atoms with Gasteiger partial charge in [0.25, 0.3) is 0 Å². The van der Waals surface area contributed by atoms with Crippen molar-refractivity contribution >= 4 is 23.9 Å². The molecule has 10 heteroatoms. The maximum Gasteiger partial charge on any atom is 0.411 e. The zero-order chi connectivity index (χ0) is 25.9. The van der Waals surface area contributed by atoms with Gasteiger partial charge >= 0.3 is 12.1 Å². The summed E-state index contributed by atoms with van der Waals surface area (Å²) in [4.78, 5) is 53.8. The Bertz CT molecular complexity index is 978. The standard InChI is InChI=1S/C26H34FN3O6/c1-2-35-23(33)25-8-11-26(12-9-25,13-10-25)30(24(34)36-17-18-6-4-3-5-7-18)16-21(31)29-15-19(27)14-20(29)22(28)32/h3-7,19-20H,2,8-17H2,1H3,(H2,28,32)/t19-,20-,25?,26?/m0/s1. The number of carbonyl (C=O) groups excluding carboxylic acids is 4. The Hall–Kier alpha value is -3.17. The summed E-state index contributed by atoms with van der Waals surface area (Å²) in [5, 5.41) is 0. The number of carbonyl (C=O) groups is 4. The van der Waals surface area contributed by atoms with E-state index in [-0.39, 0.29) is 32.1 Å². The van der Waals surface area contributed by atoms with E-state index in [1.807, 2.05) is 30.3 Å². The quantitative estimate of drug-likeness (QED) is 0.545. The van der Waals surface area contributed by atoms with Gasteiger partial charge in [0.1, 0.15) is 25.4 Å². The van der Waals surface area contributed by atoms with Gasteiger partial charge in [-0.25, -0.2) is 9.18 Å². The van der Waals surface area contributed by atoms with Crippen LogP contribution < -0.4 is 5.73 Å². The summed E-state index contributed by atoms with van der Waals surface area (Å²) >= 11 is 0. The molecule has 3 saturated carbocycles. The lowest BCUT2D eigenvalue weighted by Crippen LogP contribution is -2.62. The molecule has 5 rings (SSSR count). The zero-order valence-corrected chi connectivity index (χ0v) is 20.6. The molecule has 1 aliphatic heterocycles. The van der Waals surface area contributed by atoms with Crippen LogP contribution in [0.2, 0.25) is 0 Å². The molecule has 0 spiro atoms. The third kappa shape index (κ3) is 5.03. The fourth-order valence-corrected chi connectivity index (χ4v) is 5.94. The maximum absolute atomic E-state index is 14.1. The molecule has 1 aromatic rings. The second-order valence-corrected chi connectivity index (χ2v) is 10.1. The van der Waals surface area contributed by atoms with E-state index in [2.05, 4.69) is 0 Å². The molecule has 9 nitrogen and oxygen atoms in total. The zero-order valence-electron chi connectivity index (χ0n) is 20.6. The van der Waals surface area contributed by atoms with Crippen LogP contribution in [0, 0.1) is 5.41 Å². The Balaban J connectivity index is 1.54. The Morgan fingerprint density at radius 3 is 2.28 bits per heavy atom. The van der Waals surface area contributed by atoms with Gasteiger partial charge in [0, 0.05) is 12.0 Å². The summed E-state index contributed by atoms with van der Waals surface area (Å²) in [6.45, 7) is 1.53. The van der Waals surface area contributed by atoms with E-state index < -0.39 is 41.1 Å². The maximum atomic E-state index is 14.1. The van der Waals surface area contributed by atoms with E-state index in [0.717, 1.165) is 10.5 Å². The number of halogens is 1. The van der Waals surface area contributed by atoms with Crippen molar-refractivity contribution in [2.75, 3.05) is 19.7 Å². The molecule has 36 heavy (non-hydrogen) atoms. The average Bonchev–Trinajstić information content (AvgIpc) is 3.29. The number of ether oxygens (including phenoxy) is 2. The van der Waals surface area contributed by atoms with Gasteiger partial charge in [-0.05, 0) is 51.0 Å². The number of benzene rings is 1. The van der Waals surface area contributed by atoms with E-state index in [0.29, 0.717) is 45.1 Å². The van der Waals surface area contributed by atoms with Gasteiger partial charge in [0.15, 0.2) is 0 Å². The molecule has 3 amide bonds. The number of primary amides is 1. The van der Waals surface area contributed by atoms with Crippen LogP contribution >= 0.6 is 0 Å². The first-order valence-electron chi connectivity index (χ1n) is 12.6. The lowest BCUT2D eigenvalue weighted by molar-refractivity contribution is -0.167. The molecule has 4 fully saturated rings. The molecule has 0 aromatic heterocycles. The van der Waals surface area contributed by atoms with E-state index in [1.54, 1.807) is 6.92 Å². The number of likely N-dealkylation sites (tertiary alicyclic amines) is 1. The summed E-state index contributed by atoms with van der Waals surface area (Å²) in [6.07, 6.45) is 1.04. The molecule has 1 aromatic carbocycles. The number of hydrogen-bond donors (Lipinski definition) is 1. The third-order valence-corrected chi connectivity index (χ3v) is 8.11. The average molecular weight is 504 g/mol. The number of fused-ring (bicyclic) bond motifs is 3. The molecular formula is C26H34FN3O6.